The molecular weight excluding hydrogens is 244 g/mol. The summed E-state index contributed by atoms with van der Waals surface area (Å²) in [4.78, 5) is 0. The summed E-state index contributed by atoms with van der Waals surface area (Å²) in [5, 5.41) is 13.6. The Hall–Kier alpha value is -1.34. The minimum absolute atomic E-state index is 0.620. The maximum absolute atomic E-state index is 11.1. The Labute approximate surface area is 121 Å². The molecule has 0 spiro atoms. The van der Waals surface area contributed by atoms with Crippen LogP contribution >= 0.6 is 0 Å². The number of hydrogen-bond acceptors (Lipinski definition) is 1. The lowest BCUT2D eigenvalue weighted by molar-refractivity contribution is -0.0139. The highest BCUT2D eigenvalue weighted by Gasteiger charge is 2.35. The summed E-state index contributed by atoms with van der Waals surface area (Å²) in [5.74, 6) is 0.815. The lowest BCUT2D eigenvalue weighted by atomic mass is 9.73. The molecule has 1 N–H and O–H groups in total. The first kappa shape index (κ1) is 13.6. The van der Waals surface area contributed by atoms with Gasteiger partial charge in [-0.3, -0.25) is 0 Å². The molecular formula is C19H24O. The number of benzene rings is 2. The van der Waals surface area contributed by atoms with Crippen LogP contribution in [0, 0.1) is 5.92 Å². The molecule has 1 saturated carbocycles. The van der Waals surface area contributed by atoms with Gasteiger partial charge in [0.15, 0.2) is 0 Å². The zero-order chi connectivity index (χ0) is 14.0. The third kappa shape index (κ3) is 2.47. The maximum atomic E-state index is 11.1. The largest absolute Gasteiger partial charge is 0.385 e. The molecule has 1 heteroatoms. The van der Waals surface area contributed by atoms with Crippen molar-refractivity contribution in [2.75, 3.05) is 0 Å². The van der Waals surface area contributed by atoms with Crippen molar-refractivity contribution >= 4 is 10.8 Å². The molecule has 0 aliphatic heterocycles. The van der Waals surface area contributed by atoms with Gasteiger partial charge in [-0.15, -0.1) is 0 Å². The van der Waals surface area contributed by atoms with Gasteiger partial charge >= 0.3 is 0 Å². The van der Waals surface area contributed by atoms with Gasteiger partial charge in [-0.1, -0.05) is 62.2 Å². The Morgan fingerprint density at radius 1 is 1.05 bits per heavy atom. The van der Waals surface area contributed by atoms with Crippen LogP contribution in [0.5, 0.6) is 0 Å². The molecule has 0 atom stereocenters. The van der Waals surface area contributed by atoms with E-state index in [0.29, 0.717) is 0 Å². The van der Waals surface area contributed by atoms with Crippen LogP contribution in [0.3, 0.4) is 0 Å². The molecule has 1 aliphatic rings. The van der Waals surface area contributed by atoms with Gasteiger partial charge in [0.1, 0.15) is 0 Å². The second-order valence-electron chi connectivity index (χ2n) is 6.29. The van der Waals surface area contributed by atoms with Crippen LogP contribution in [0.2, 0.25) is 0 Å². The summed E-state index contributed by atoms with van der Waals surface area (Å²) < 4.78 is 0. The van der Waals surface area contributed by atoms with E-state index in [1.165, 1.54) is 23.6 Å². The van der Waals surface area contributed by atoms with E-state index in [2.05, 4.69) is 49.4 Å². The standard InChI is InChI=1S/C19H24O/c1-2-6-15-11-13-19(20,14-12-15)18-10-5-8-16-7-3-4-9-17(16)18/h3-5,7-10,15,20H,2,6,11-14H2,1H3. The molecule has 2 aromatic rings. The van der Waals surface area contributed by atoms with Crippen molar-refractivity contribution in [1.82, 2.24) is 0 Å². The normalized spacial score (nSPS) is 26.8. The second kappa shape index (κ2) is 5.57. The van der Waals surface area contributed by atoms with Crippen molar-refractivity contribution < 1.29 is 5.11 Å². The van der Waals surface area contributed by atoms with Gasteiger partial charge in [-0.2, -0.15) is 0 Å². The topological polar surface area (TPSA) is 20.2 Å². The SMILES string of the molecule is CCCC1CCC(O)(c2cccc3ccccc23)CC1. The molecule has 0 aromatic heterocycles. The summed E-state index contributed by atoms with van der Waals surface area (Å²) >= 11 is 0. The zero-order valence-corrected chi connectivity index (χ0v) is 12.3. The van der Waals surface area contributed by atoms with Crippen molar-refractivity contribution in [3.8, 4) is 0 Å². The number of hydrogen-bond donors (Lipinski definition) is 1. The van der Waals surface area contributed by atoms with Crippen LogP contribution < -0.4 is 0 Å². The van der Waals surface area contributed by atoms with Crippen molar-refractivity contribution in [2.45, 2.75) is 51.0 Å². The van der Waals surface area contributed by atoms with E-state index in [-0.39, 0.29) is 0 Å². The van der Waals surface area contributed by atoms with Crippen molar-refractivity contribution in [1.29, 1.82) is 0 Å². The molecule has 3 rings (SSSR count). The molecule has 0 heterocycles. The lowest BCUT2D eigenvalue weighted by Gasteiger charge is -2.37. The van der Waals surface area contributed by atoms with Gasteiger partial charge in [0.2, 0.25) is 0 Å². The molecule has 0 saturated heterocycles. The number of fused-ring (bicyclic) bond motifs is 1. The lowest BCUT2D eigenvalue weighted by Crippen LogP contribution is -2.31. The van der Waals surface area contributed by atoms with Gasteiger partial charge in [-0.25, -0.2) is 0 Å². The van der Waals surface area contributed by atoms with Gasteiger partial charge in [0, 0.05) is 0 Å². The minimum Gasteiger partial charge on any atom is -0.385 e. The molecule has 0 bridgehead atoms. The van der Waals surface area contributed by atoms with Crippen LogP contribution in [-0.4, -0.2) is 5.11 Å². The highest BCUT2D eigenvalue weighted by Crippen LogP contribution is 2.42. The molecule has 1 nitrogen and oxygen atoms in total. The second-order valence-corrected chi connectivity index (χ2v) is 6.29. The van der Waals surface area contributed by atoms with E-state index in [9.17, 15) is 5.11 Å². The Morgan fingerprint density at radius 2 is 1.75 bits per heavy atom. The Kier molecular flexibility index (Phi) is 3.80. The quantitative estimate of drug-likeness (QED) is 0.829. The smallest absolute Gasteiger partial charge is 0.0902 e. The zero-order valence-electron chi connectivity index (χ0n) is 12.3. The number of rotatable bonds is 3. The summed E-state index contributed by atoms with van der Waals surface area (Å²) in [6.45, 7) is 2.26. The summed E-state index contributed by atoms with van der Waals surface area (Å²) in [6, 6.07) is 14.7. The third-order valence-corrected chi connectivity index (χ3v) is 4.92. The molecule has 0 amide bonds. The molecule has 20 heavy (non-hydrogen) atoms. The molecule has 2 aromatic carbocycles. The van der Waals surface area contributed by atoms with E-state index in [0.717, 1.165) is 37.2 Å². The van der Waals surface area contributed by atoms with E-state index in [4.69, 9.17) is 0 Å². The minimum atomic E-state index is -0.620. The Bertz CT molecular complexity index is 574. The molecule has 1 aliphatic carbocycles. The molecule has 106 valence electrons. The van der Waals surface area contributed by atoms with Crippen LogP contribution in [0.4, 0.5) is 0 Å². The average molecular weight is 268 g/mol. The van der Waals surface area contributed by atoms with E-state index in [1.54, 1.807) is 0 Å². The van der Waals surface area contributed by atoms with Gasteiger partial charge in [0.05, 0.1) is 5.60 Å². The van der Waals surface area contributed by atoms with E-state index >= 15 is 0 Å². The number of aliphatic hydroxyl groups is 1. The fourth-order valence-corrected chi connectivity index (χ4v) is 3.75. The monoisotopic (exact) mass is 268 g/mol. The van der Waals surface area contributed by atoms with Crippen LogP contribution in [0.15, 0.2) is 42.5 Å². The maximum Gasteiger partial charge on any atom is 0.0902 e. The molecule has 1 fully saturated rings. The third-order valence-electron chi connectivity index (χ3n) is 4.92. The van der Waals surface area contributed by atoms with Gasteiger partial charge in [-0.05, 0) is 47.9 Å². The van der Waals surface area contributed by atoms with Crippen LogP contribution in [-0.2, 0) is 5.60 Å². The fourth-order valence-electron chi connectivity index (χ4n) is 3.75. The highest BCUT2D eigenvalue weighted by atomic mass is 16.3. The van der Waals surface area contributed by atoms with E-state index < -0.39 is 5.60 Å². The first-order chi connectivity index (χ1) is 9.73. The summed E-state index contributed by atoms with van der Waals surface area (Å²) in [7, 11) is 0. The Morgan fingerprint density at radius 3 is 2.50 bits per heavy atom. The highest BCUT2D eigenvalue weighted by molar-refractivity contribution is 5.86. The van der Waals surface area contributed by atoms with Gasteiger partial charge in [0.25, 0.3) is 0 Å². The Balaban J connectivity index is 1.91. The average Bonchev–Trinajstić information content (AvgIpc) is 2.49. The first-order valence-electron chi connectivity index (χ1n) is 7.93. The summed E-state index contributed by atoms with van der Waals surface area (Å²) in [5.41, 5.74) is 0.510. The van der Waals surface area contributed by atoms with E-state index in [1.807, 2.05) is 0 Å². The van der Waals surface area contributed by atoms with Crippen molar-refractivity contribution in [2.24, 2.45) is 5.92 Å². The molecule has 0 unspecified atom stereocenters. The van der Waals surface area contributed by atoms with Gasteiger partial charge < -0.3 is 5.11 Å². The van der Waals surface area contributed by atoms with Crippen LogP contribution in [0.25, 0.3) is 10.8 Å². The first-order valence-corrected chi connectivity index (χ1v) is 7.93. The predicted molar refractivity (Wildman–Crippen MR) is 84.7 cm³/mol. The fraction of sp³-hybridized carbons (Fsp3) is 0.474. The van der Waals surface area contributed by atoms with Crippen LogP contribution in [0.1, 0.15) is 51.0 Å². The van der Waals surface area contributed by atoms with Crippen molar-refractivity contribution in [3.63, 3.8) is 0 Å². The predicted octanol–water partition coefficient (Wildman–Crippen LogP) is 5.02. The van der Waals surface area contributed by atoms with Crippen molar-refractivity contribution in [3.05, 3.63) is 48.0 Å². The molecule has 0 radical (unpaired) electrons. The summed E-state index contributed by atoms with van der Waals surface area (Å²) in [6.07, 6.45) is 6.71.